The molecule has 6 heteroatoms. The Bertz CT molecular complexity index is 659. The third-order valence-electron chi connectivity index (χ3n) is 2.31. The molecule has 2 aromatic rings. The number of carboxylic acids is 1. The van der Waals surface area contributed by atoms with E-state index in [9.17, 15) is 9.59 Å². The molecule has 0 saturated heterocycles. The second-order valence-electron chi connectivity index (χ2n) is 3.57. The van der Waals surface area contributed by atoms with Gasteiger partial charge in [-0.15, -0.1) is 0 Å². The van der Waals surface area contributed by atoms with Crippen LogP contribution in [0.3, 0.4) is 0 Å². The summed E-state index contributed by atoms with van der Waals surface area (Å²) in [7, 11) is 0. The highest BCUT2D eigenvalue weighted by atomic mass is 35.5. The summed E-state index contributed by atoms with van der Waals surface area (Å²) >= 11 is 11.7. The molecule has 0 fully saturated rings. The van der Waals surface area contributed by atoms with Gasteiger partial charge in [0.2, 0.25) is 5.56 Å². The summed E-state index contributed by atoms with van der Waals surface area (Å²) < 4.78 is 0. The van der Waals surface area contributed by atoms with Crippen LogP contribution in [0, 0.1) is 0 Å². The third kappa shape index (κ3) is 2.55. The number of hydrogen-bond donors (Lipinski definition) is 2. The van der Waals surface area contributed by atoms with E-state index in [0.717, 1.165) is 0 Å². The van der Waals surface area contributed by atoms with Gasteiger partial charge in [-0.1, -0.05) is 23.2 Å². The lowest BCUT2D eigenvalue weighted by molar-refractivity contribution is 0.0691. The minimum atomic E-state index is -1.22. The first-order valence-corrected chi connectivity index (χ1v) is 5.66. The number of benzene rings is 1. The van der Waals surface area contributed by atoms with Crippen molar-refractivity contribution in [3.05, 3.63) is 56.4 Å². The summed E-state index contributed by atoms with van der Waals surface area (Å²) in [4.78, 5) is 24.5. The van der Waals surface area contributed by atoms with E-state index < -0.39 is 11.5 Å². The van der Waals surface area contributed by atoms with Crippen molar-refractivity contribution in [3.8, 4) is 11.1 Å². The van der Waals surface area contributed by atoms with Crippen molar-refractivity contribution in [1.82, 2.24) is 4.98 Å². The molecule has 1 heterocycles. The first-order valence-electron chi connectivity index (χ1n) is 4.90. The number of H-pyrrole nitrogens is 1. The number of pyridine rings is 1. The van der Waals surface area contributed by atoms with Gasteiger partial charge in [0, 0.05) is 21.7 Å². The summed E-state index contributed by atoms with van der Waals surface area (Å²) in [5, 5.41) is 9.83. The predicted octanol–water partition coefficient (Wildman–Crippen LogP) is 3.05. The average molecular weight is 284 g/mol. The van der Waals surface area contributed by atoms with Crippen molar-refractivity contribution in [1.29, 1.82) is 0 Å². The van der Waals surface area contributed by atoms with Crippen LogP contribution in [0.4, 0.5) is 0 Å². The van der Waals surface area contributed by atoms with Crippen LogP contribution in [0.2, 0.25) is 10.0 Å². The second-order valence-corrected chi connectivity index (χ2v) is 4.45. The van der Waals surface area contributed by atoms with Crippen LogP contribution in [0.15, 0.2) is 35.1 Å². The van der Waals surface area contributed by atoms with Crippen LogP contribution in [0.5, 0.6) is 0 Å². The van der Waals surface area contributed by atoms with Gasteiger partial charge in [0.1, 0.15) is 5.69 Å². The molecule has 0 atom stereocenters. The maximum atomic E-state index is 11.1. The fourth-order valence-corrected chi connectivity index (χ4v) is 2.12. The first kappa shape index (κ1) is 12.7. The molecule has 92 valence electrons. The molecule has 4 nitrogen and oxygen atoms in total. The van der Waals surface area contributed by atoms with Crippen LogP contribution in [-0.4, -0.2) is 16.1 Å². The SMILES string of the molecule is O=C(O)c1[nH]c(=O)ccc1-c1cc(Cl)cc(Cl)c1. The summed E-state index contributed by atoms with van der Waals surface area (Å²) in [6.45, 7) is 0. The molecule has 2 rings (SSSR count). The van der Waals surface area contributed by atoms with E-state index in [1.54, 1.807) is 18.2 Å². The van der Waals surface area contributed by atoms with Crippen molar-refractivity contribution in [2.75, 3.05) is 0 Å². The lowest BCUT2D eigenvalue weighted by Crippen LogP contribution is -2.12. The molecule has 1 aromatic heterocycles. The van der Waals surface area contributed by atoms with Crippen molar-refractivity contribution in [2.45, 2.75) is 0 Å². The molecule has 18 heavy (non-hydrogen) atoms. The van der Waals surface area contributed by atoms with E-state index in [1.165, 1.54) is 12.1 Å². The lowest BCUT2D eigenvalue weighted by atomic mass is 10.0. The highest BCUT2D eigenvalue weighted by molar-refractivity contribution is 6.35. The van der Waals surface area contributed by atoms with Gasteiger partial charge >= 0.3 is 5.97 Å². The van der Waals surface area contributed by atoms with Crippen molar-refractivity contribution < 1.29 is 9.90 Å². The van der Waals surface area contributed by atoms with Crippen molar-refractivity contribution in [2.24, 2.45) is 0 Å². The maximum Gasteiger partial charge on any atom is 0.353 e. The van der Waals surface area contributed by atoms with Crippen LogP contribution < -0.4 is 5.56 Å². The molecule has 0 saturated carbocycles. The Hall–Kier alpha value is -1.78. The van der Waals surface area contributed by atoms with Gasteiger partial charge in [-0.25, -0.2) is 4.79 Å². The zero-order chi connectivity index (χ0) is 13.3. The lowest BCUT2D eigenvalue weighted by Gasteiger charge is -2.06. The third-order valence-corrected chi connectivity index (χ3v) is 2.74. The first-order chi connectivity index (χ1) is 8.47. The summed E-state index contributed by atoms with van der Waals surface area (Å²) in [5.74, 6) is -1.22. The van der Waals surface area contributed by atoms with Gasteiger partial charge in [-0.2, -0.15) is 0 Å². The van der Waals surface area contributed by atoms with Gasteiger partial charge in [0.05, 0.1) is 0 Å². The molecule has 0 radical (unpaired) electrons. The number of carbonyl (C=O) groups is 1. The van der Waals surface area contributed by atoms with Gasteiger partial charge in [-0.3, -0.25) is 4.79 Å². The molecule has 0 amide bonds. The highest BCUT2D eigenvalue weighted by Gasteiger charge is 2.13. The van der Waals surface area contributed by atoms with Crippen molar-refractivity contribution in [3.63, 3.8) is 0 Å². The van der Waals surface area contributed by atoms with Crippen LogP contribution in [0.1, 0.15) is 10.5 Å². The number of aromatic carboxylic acids is 1. The highest BCUT2D eigenvalue weighted by Crippen LogP contribution is 2.28. The van der Waals surface area contributed by atoms with E-state index in [2.05, 4.69) is 4.98 Å². The number of carboxylic acid groups (broad SMARTS) is 1. The summed E-state index contributed by atoms with van der Waals surface area (Å²) in [5.41, 5.74) is 0.206. The molecule has 0 unspecified atom stereocenters. The number of nitrogens with one attached hydrogen (secondary N) is 1. The monoisotopic (exact) mass is 283 g/mol. The van der Waals surface area contributed by atoms with E-state index >= 15 is 0 Å². The minimum Gasteiger partial charge on any atom is -0.477 e. The average Bonchev–Trinajstić information content (AvgIpc) is 2.27. The number of hydrogen-bond acceptors (Lipinski definition) is 2. The van der Waals surface area contributed by atoms with E-state index in [4.69, 9.17) is 28.3 Å². The molecule has 1 aromatic carbocycles. The Kier molecular flexibility index (Phi) is 3.41. The normalized spacial score (nSPS) is 10.3. The second kappa shape index (κ2) is 4.84. The maximum absolute atomic E-state index is 11.1. The van der Waals surface area contributed by atoms with E-state index in [0.29, 0.717) is 21.2 Å². The fraction of sp³-hybridized carbons (Fsp3) is 0. The van der Waals surface area contributed by atoms with Gasteiger partial charge < -0.3 is 10.1 Å². The number of aromatic nitrogens is 1. The molecule has 0 aliphatic carbocycles. The Labute approximate surface area is 112 Å². The smallest absolute Gasteiger partial charge is 0.353 e. The van der Waals surface area contributed by atoms with E-state index in [-0.39, 0.29) is 5.69 Å². The van der Waals surface area contributed by atoms with Crippen LogP contribution in [-0.2, 0) is 0 Å². The van der Waals surface area contributed by atoms with E-state index in [1.807, 2.05) is 0 Å². The topological polar surface area (TPSA) is 70.2 Å². The molecule has 2 N–H and O–H groups in total. The van der Waals surface area contributed by atoms with Gasteiger partial charge in [-0.05, 0) is 29.8 Å². The summed E-state index contributed by atoms with van der Waals surface area (Å²) in [6.07, 6.45) is 0. The Balaban J connectivity index is 2.70. The Morgan fingerprint density at radius 1 is 1.11 bits per heavy atom. The van der Waals surface area contributed by atoms with Crippen LogP contribution >= 0.6 is 23.2 Å². The summed E-state index contributed by atoms with van der Waals surface area (Å²) in [6, 6.07) is 7.36. The molecule has 0 spiro atoms. The van der Waals surface area contributed by atoms with Gasteiger partial charge in [0.25, 0.3) is 0 Å². The number of aromatic amines is 1. The Morgan fingerprint density at radius 3 is 2.28 bits per heavy atom. The predicted molar refractivity (Wildman–Crippen MR) is 69.5 cm³/mol. The number of rotatable bonds is 2. The zero-order valence-electron chi connectivity index (χ0n) is 8.91. The zero-order valence-corrected chi connectivity index (χ0v) is 10.4. The minimum absolute atomic E-state index is 0.194. The number of halogens is 2. The molecule has 0 bridgehead atoms. The molecular formula is C12H7Cl2NO3. The van der Waals surface area contributed by atoms with Gasteiger partial charge in [0.15, 0.2) is 0 Å². The quantitative estimate of drug-likeness (QED) is 0.890. The molecule has 0 aliphatic heterocycles. The van der Waals surface area contributed by atoms with Crippen molar-refractivity contribution >= 4 is 29.2 Å². The van der Waals surface area contributed by atoms with Crippen LogP contribution in [0.25, 0.3) is 11.1 Å². The molecular weight excluding hydrogens is 277 g/mol. The fourth-order valence-electron chi connectivity index (χ4n) is 1.59. The largest absolute Gasteiger partial charge is 0.477 e. The molecule has 0 aliphatic rings. The standard InChI is InChI=1S/C12H7Cl2NO3/c13-7-3-6(4-8(14)5-7)9-1-2-10(16)15-11(9)12(17)18/h1-5H,(H,15,16)(H,17,18). The Morgan fingerprint density at radius 2 is 1.72 bits per heavy atom.